The fourth-order valence-corrected chi connectivity index (χ4v) is 1.96. The first kappa shape index (κ1) is 10.7. The summed E-state index contributed by atoms with van der Waals surface area (Å²) in [6.07, 6.45) is 1.72. The summed E-state index contributed by atoms with van der Waals surface area (Å²) in [7, 11) is 0. The van der Waals surface area contributed by atoms with Gasteiger partial charge in [0, 0.05) is 23.1 Å². The lowest BCUT2D eigenvalue weighted by Gasteiger charge is -2.09. The Bertz CT molecular complexity index is 552. The highest BCUT2D eigenvalue weighted by atomic mass is 16.4. The molecule has 0 spiro atoms. The van der Waals surface area contributed by atoms with Crippen molar-refractivity contribution in [3.63, 3.8) is 0 Å². The topological polar surface area (TPSA) is 42.2 Å². The van der Waals surface area contributed by atoms with Crippen molar-refractivity contribution in [1.82, 2.24) is 4.57 Å². The third-order valence-corrected chi connectivity index (χ3v) is 2.78. The van der Waals surface area contributed by atoms with Gasteiger partial charge in [0.2, 0.25) is 0 Å². The van der Waals surface area contributed by atoms with E-state index in [1.165, 1.54) is 0 Å². The van der Waals surface area contributed by atoms with Crippen LogP contribution in [-0.2, 0) is 0 Å². The van der Waals surface area contributed by atoms with E-state index in [1.54, 1.807) is 6.20 Å². The molecule has 0 bridgehead atoms. The average molecular weight is 217 g/mol. The summed E-state index contributed by atoms with van der Waals surface area (Å²) < 4.78 is 2.01. The molecule has 0 unspecified atom stereocenters. The predicted octanol–water partition coefficient (Wildman–Crippen LogP) is 3.23. The number of benzene rings is 1. The van der Waals surface area contributed by atoms with Gasteiger partial charge < -0.3 is 9.67 Å². The van der Waals surface area contributed by atoms with Crippen molar-refractivity contribution in [3.8, 4) is 0 Å². The largest absolute Gasteiger partial charge is 0.478 e. The molecular weight excluding hydrogens is 202 g/mol. The van der Waals surface area contributed by atoms with Gasteiger partial charge in [0.25, 0.3) is 0 Å². The van der Waals surface area contributed by atoms with Gasteiger partial charge in [0.05, 0.1) is 5.56 Å². The van der Waals surface area contributed by atoms with Gasteiger partial charge in [-0.1, -0.05) is 12.1 Å². The Morgan fingerprint density at radius 1 is 1.38 bits per heavy atom. The Morgan fingerprint density at radius 2 is 2.06 bits per heavy atom. The molecule has 16 heavy (non-hydrogen) atoms. The first-order chi connectivity index (χ1) is 7.50. The molecular formula is C13H15NO2. The third-order valence-electron chi connectivity index (χ3n) is 2.78. The minimum atomic E-state index is -0.867. The van der Waals surface area contributed by atoms with Crippen LogP contribution in [0.5, 0.6) is 0 Å². The van der Waals surface area contributed by atoms with Crippen LogP contribution in [0.3, 0.4) is 0 Å². The number of nitrogens with zero attached hydrogens (tertiary/aromatic N) is 1. The first-order valence-electron chi connectivity index (χ1n) is 5.35. The molecule has 0 radical (unpaired) electrons. The van der Waals surface area contributed by atoms with Crippen LogP contribution in [0.2, 0.25) is 0 Å². The normalized spacial score (nSPS) is 11.2. The van der Waals surface area contributed by atoms with Crippen molar-refractivity contribution in [3.05, 3.63) is 35.5 Å². The molecule has 0 atom stereocenters. The second-order valence-corrected chi connectivity index (χ2v) is 4.37. The molecule has 1 heterocycles. The second kappa shape index (κ2) is 3.67. The summed E-state index contributed by atoms with van der Waals surface area (Å²) in [5, 5.41) is 9.95. The number of aromatic nitrogens is 1. The number of fused-ring (bicyclic) bond motifs is 1. The van der Waals surface area contributed by atoms with E-state index >= 15 is 0 Å². The van der Waals surface area contributed by atoms with Gasteiger partial charge in [-0.15, -0.1) is 0 Å². The van der Waals surface area contributed by atoms with E-state index in [2.05, 4.69) is 0 Å². The van der Waals surface area contributed by atoms with E-state index in [-0.39, 0.29) is 6.04 Å². The average Bonchev–Trinajstić information content (AvgIpc) is 2.56. The van der Waals surface area contributed by atoms with Gasteiger partial charge >= 0.3 is 5.97 Å². The van der Waals surface area contributed by atoms with Crippen LogP contribution in [0.4, 0.5) is 0 Å². The minimum Gasteiger partial charge on any atom is -0.478 e. The quantitative estimate of drug-likeness (QED) is 0.839. The number of aryl methyl sites for hydroxylation is 1. The Balaban J connectivity index is 2.81. The number of hydrogen-bond donors (Lipinski definition) is 1. The van der Waals surface area contributed by atoms with E-state index in [1.807, 2.05) is 43.5 Å². The van der Waals surface area contributed by atoms with Crippen molar-refractivity contribution in [1.29, 1.82) is 0 Å². The summed E-state index contributed by atoms with van der Waals surface area (Å²) in [6, 6.07) is 6.12. The molecule has 3 nitrogen and oxygen atoms in total. The smallest absolute Gasteiger partial charge is 0.337 e. The summed E-state index contributed by atoms with van der Waals surface area (Å²) in [5.41, 5.74) is 2.51. The first-order valence-corrected chi connectivity index (χ1v) is 5.35. The fraction of sp³-hybridized carbons (Fsp3) is 0.308. The maximum Gasteiger partial charge on any atom is 0.337 e. The van der Waals surface area contributed by atoms with Crippen LogP contribution < -0.4 is 0 Å². The van der Waals surface area contributed by atoms with Crippen LogP contribution in [0, 0.1) is 6.92 Å². The molecule has 0 aliphatic heterocycles. The van der Waals surface area contributed by atoms with Gasteiger partial charge in [0.1, 0.15) is 0 Å². The second-order valence-electron chi connectivity index (χ2n) is 4.37. The molecule has 1 aromatic carbocycles. The third kappa shape index (κ3) is 1.58. The molecule has 1 N–H and O–H groups in total. The number of carboxylic acid groups (broad SMARTS) is 1. The molecule has 0 aliphatic rings. The lowest BCUT2D eigenvalue weighted by Crippen LogP contribution is -1.99. The highest BCUT2D eigenvalue weighted by Crippen LogP contribution is 2.25. The van der Waals surface area contributed by atoms with Crippen molar-refractivity contribution < 1.29 is 9.90 Å². The highest BCUT2D eigenvalue weighted by Gasteiger charge is 2.15. The van der Waals surface area contributed by atoms with Crippen LogP contribution in [0.1, 0.15) is 35.8 Å². The summed E-state index contributed by atoms with van der Waals surface area (Å²) in [5.74, 6) is -0.867. The van der Waals surface area contributed by atoms with Gasteiger partial charge in [-0.2, -0.15) is 0 Å². The van der Waals surface area contributed by atoms with Gasteiger partial charge in [-0.25, -0.2) is 4.79 Å². The molecule has 0 fully saturated rings. The molecule has 0 saturated heterocycles. The van der Waals surface area contributed by atoms with Crippen molar-refractivity contribution in [2.75, 3.05) is 0 Å². The number of aromatic carboxylic acids is 1. The molecule has 84 valence electrons. The van der Waals surface area contributed by atoms with E-state index < -0.39 is 5.97 Å². The number of carbonyl (C=O) groups is 1. The standard InChI is InChI=1S/C13H15NO2/c1-8(2)14-7-11(13(15)16)10-5-4-9(3)6-12(10)14/h4-8H,1-3H3,(H,15,16). The zero-order valence-corrected chi connectivity index (χ0v) is 9.69. The van der Waals surface area contributed by atoms with Gasteiger partial charge in [-0.3, -0.25) is 0 Å². The predicted molar refractivity (Wildman–Crippen MR) is 64.0 cm³/mol. The molecule has 2 aromatic rings. The molecule has 0 aliphatic carbocycles. The Hall–Kier alpha value is -1.77. The molecule has 0 saturated carbocycles. The van der Waals surface area contributed by atoms with Crippen LogP contribution in [0.25, 0.3) is 10.9 Å². The van der Waals surface area contributed by atoms with Crippen molar-refractivity contribution >= 4 is 16.9 Å². The maximum atomic E-state index is 11.1. The van der Waals surface area contributed by atoms with E-state index in [0.29, 0.717) is 5.56 Å². The zero-order chi connectivity index (χ0) is 11.9. The summed E-state index contributed by atoms with van der Waals surface area (Å²) in [4.78, 5) is 11.1. The molecule has 1 aromatic heterocycles. The fourth-order valence-electron chi connectivity index (χ4n) is 1.96. The zero-order valence-electron chi connectivity index (χ0n) is 9.69. The maximum absolute atomic E-state index is 11.1. The number of carboxylic acids is 1. The van der Waals surface area contributed by atoms with Crippen molar-refractivity contribution in [2.24, 2.45) is 0 Å². The SMILES string of the molecule is Cc1ccc2c(C(=O)O)cn(C(C)C)c2c1. The Morgan fingerprint density at radius 3 is 2.62 bits per heavy atom. The minimum absolute atomic E-state index is 0.261. The van der Waals surface area contributed by atoms with Gasteiger partial charge in [0.15, 0.2) is 0 Å². The van der Waals surface area contributed by atoms with Crippen LogP contribution in [0.15, 0.2) is 24.4 Å². The molecule has 2 rings (SSSR count). The van der Waals surface area contributed by atoms with Crippen molar-refractivity contribution in [2.45, 2.75) is 26.8 Å². The Kier molecular flexibility index (Phi) is 2.46. The van der Waals surface area contributed by atoms with Gasteiger partial charge in [-0.05, 0) is 32.4 Å². The monoisotopic (exact) mass is 217 g/mol. The lowest BCUT2D eigenvalue weighted by atomic mass is 10.1. The van der Waals surface area contributed by atoms with E-state index in [4.69, 9.17) is 5.11 Å². The summed E-state index contributed by atoms with van der Waals surface area (Å²) >= 11 is 0. The highest BCUT2D eigenvalue weighted by molar-refractivity contribution is 6.03. The van der Waals surface area contributed by atoms with E-state index in [9.17, 15) is 4.79 Å². The number of hydrogen-bond acceptors (Lipinski definition) is 1. The molecule has 3 heteroatoms. The summed E-state index contributed by atoms with van der Waals surface area (Å²) in [6.45, 7) is 6.11. The number of rotatable bonds is 2. The lowest BCUT2D eigenvalue weighted by molar-refractivity contribution is 0.0699. The Labute approximate surface area is 94.3 Å². The molecule has 0 amide bonds. The van der Waals surface area contributed by atoms with Crippen LogP contribution in [-0.4, -0.2) is 15.6 Å². The van der Waals surface area contributed by atoms with Crippen LogP contribution >= 0.6 is 0 Å². The van der Waals surface area contributed by atoms with E-state index in [0.717, 1.165) is 16.5 Å².